The van der Waals surface area contributed by atoms with Crippen molar-refractivity contribution in [1.29, 1.82) is 0 Å². The fourth-order valence-electron chi connectivity index (χ4n) is 2.86. The molecule has 2 N–H and O–H groups in total. The van der Waals surface area contributed by atoms with Gasteiger partial charge < -0.3 is 15.2 Å². The standard InChI is InChI=1S/C16H19F3N2O4/c1-4-25-13(22)11-12(10-7-5-9(2)6-8-10)20-14(23)21(3)15(11,24)16(17,18)19/h5-8,11-12,24H,4H2,1-3H3,(H,20,23)/t11-,12+,15+/m0/s1. The third-order valence-corrected chi connectivity index (χ3v) is 4.26. The molecule has 1 aromatic rings. The lowest BCUT2D eigenvalue weighted by molar-refractivity contribution is -0.328. The minimum Gasteiger partial charge on any atom is -0.466 e. The number of esters is 1. The second-order valence-corrected chi connectivity index (χ2v) is 5.85. The van der Waals surface area contributed by atoms with Gasteiger partial charge in [-0.3, -0.25) is 9.69 Å². The van der Waals surface area contributed by atoms with Crippen LogP contribution in [0, 0.1) is 12.8 Å². The van der Waals surface area contributed by atoms with E-state index in [1.165, 1.54) is 19.1 Å². The van der Waals surface area contributed by atoms with Crippen molar-refractivity contribution in [3.8, 4) is 0 Å². The van der Waals surface area contributed by atoms with Gasteiger partial charge in [0, 0.05) is 7.05 Å². The molecule has 2 amide bonds. The lowest BCUT2D eigenvalue weighted by Gasteiger charge is -2.49. The van der Waals surface area contributed by atoms with Crippen molar-refractivity contribution in [2.24, 2.45) is 5.92 Å². The highest BCUT2D eigenvalue weighted by molar-refractivity contribution is 5.83. The summed E-state index contributed by atoms with van der Waals surface area (Å²) >= 11 is 0. The van der Waals surface area contributed by atoms with Crippen LogP contribution < -0.4 is 5.32 Å². The van der Waals surface area contributed by atoms with Crippen LogP contribution >= 0.6 is 0 Å². The molecule has 0 saturated carbocycles. The van der Waals surface area contributed by atoms with Crippen molar-refractivity contribution in [2.75, 3.05) is 13.7 Å². The number of halogens is 3. The van der Waals surface area contributed by atoms with Gasteiger partial charge in [-0.05, 0) is 19.4 Å². The Morgan fingerprint density at radius 3 is 2.40 bits per heavy atom. The van der Waals surface area contributed by atoms with Crippen molar-refractivity contribution in [3.63, 3.8) is 0 Å². The van der Waals surface area contributed by atoms with Crippen LogP contribution in [-0.4, -0.2) is 47.6 Å². The van der Waals surface area contributed by atoms with Crippen LogP contribution in [0.1, 0.15) is 24.1 Å². The second-order valence-electron chi connectivity index (χ2n) is 5.85. The van der Waals surface area contributed by atoms with Gasteiger partial charge in [0.25, 0.3) is 5.72 Å². The predicted octanol–water partition coefficient (Wildman–Crippen LogP) is 2.12. The number of benzene rings is 1. The Balaban J connectivity index is 2.62. The topological polar surface area (TPSA) is 78.9 Å². The average Bonchev–Trinajstić information content (AvgIpc) is 2.52. The fraction of sp³-hybridized carbons (Fsp3) is 0.500. The normalized spacial score (nSPS) is 27.0. The number of ether oxygens (including phenoxy) is 1. The number of alkyl halides is 3. The first-order chi connectivity index (χ1) is 11.5. The van der Waals surface area contributed by atoms with Crippen molar-refractivity contribution in [1.82, 2.24) is 10.2 Å². The summed E-state index contributed by atoms with van der Waals surface area (Å²) < 4.78 is 45.8. The second kappa shape index (κ2) is 6.55. The van der Waals surface area contributed by atoms with Crippen LogP contribution in [0.4, 0.5) is 18.0 Å². The Bertz CT molecular complexity index is 662. The molecule has 138 valence electrons. The molecular weight excluding hydrogens is 341 g/mol. The Morgan fingerprint density at radius 2 is 1.92 bits per heavy atom. The van der Waals surface area contributed by atoms with Crippen molar-refractivity contribution < 1.29 is 32.6 Å². The van der Waals surface area contributed by atoms with Gasteiger partial charge in [-0.25, -0.2) is 4.79 Å². The highest BCUT2D eigenvalue weighted by Crippen LogP contribution is 2.46. The molecule has 1 saturated heterocycles. The molecule has 2 rings (SSSR count). The number of carbonyl (C=O) groups excluding carboxylic acids is 2. The van der Waals surface area contributed by atoms with E-state index in [2.05, 4.69) is 5.32 Å². The maximum absolute atomic E-state index is 13.7. The first-order valence-electron chi connectivity index (χ1n) is 7.60. The predicted molar refractivity (Wildman–Crippen MR) is 81.3 cm³/mol. The van der Waals surface area contributed by atoms with E-state index in [4.69, 9.17) is 4.74 Å². The summed E-state index contributed by atoms with van der Waals surface area (Å²) in [7, 11) is 0.778. The van der Waals surface area contributed by atoms with E-state index >= 15 is 0 Å². The zero-order chi connectivity index (χ0) is 19.0. The number of amides is 2. The summed E-state index contributed by atoms with van der Waals surface area (Å²) in [5, 5.41) is 12.8. The van der Waals surface area contributed by atoms with Gasteiger partial charge in [0.1, 0.15) is 5.92 Å². The smallest absolute Gasteiger partial charge is 0.437 e. The molecule has 0 radical (unpaired) electrons. The summed E-state index contributed by atoms with van der Waals surface area (Å²) in [6, 6.07) is 3.72. The third kappa shape index (κ3) is 3.15. The molecule has 1 aliphatic rings. The first kappa shape index (κ1) is 19.0. The number of hydrogen-bond donors (Lipinski definition) is 2. The van der Waals surface area contributed by atoms with Crippen LogP contribution in [0.25, 0.3) is 0 Å². The van der Waals surface area contributed by atoms with Crippen molar-refractivity contribution in [2.45, 2.75) is 31.8 Å². The van der Waals surface area contributed by atoms with Gasteiger partial charge in [-0.15, -0.1) is 0 Å². The summed E-state index contributed by atoms with van der Waals surface area (Å²) in [5.74, 6) is -3.34. The Labute approximate surface area is 142 Å². The lowest BCUT2D eigenvalue weighted by atomic mass is 9.81. The number of aryl methyl sites for hydroxylation is 1. The maximum Gasteiger partial charge on any atom is 0.437 e. The van der Waals surface area contributed by atoms with E-state index in [9.17, 15) is 27.9 Å². The van der Waals surface area contributed by atoms with E-state index in [1.54, 1.807) is 19.1 Å². The monoisotopic (exact) mass is 360 g/mol. The molecule has 0 spiro atoms. The number of carbonyl (C=O) groups is 2. The van der Waals surface area contributed by atoms with Crippen LogP contribution in [0.3, 0.4) is 0 Å². The van der Waals surface area contributed by atoms with Gasteiger partial charge in [0.15, 0.2) is 0 Å². The van der Waals surface area contributed by atoms with Crippen LogP contribution in [-0.2, 0) is 9.53 Å². The number of hydrogen-bond acceptors (Lipinski definition) is 4. The Kier molecular flexibility index (Phi) is 4.99. The largest absolute Gasteiger partial charge is 0.466 e. The maximum atomic E-state index is 13.7. The minimum absolute atomic E-state index is 0.0826. The minimum atomic E-state index is -5.26. The molecule has 1 heterocycles. The molecular formula is C16H19F3N2O4. The number of urea groups is 1. The van der Waals surface area contributed by atoms with E-state index < -0.39 is 35.9 Å². The molecule has 9 heteroatoms. The van der Waals surface area contributed by atoms with E-state index in [0.717, 1.165) is 12.6 Å². The Morgan fingerprint density at radius 1 is 1.36 bits per heavy atom. The Hall–Kier alpha value is -2.29. The number of rotatable bonds is 3. The van der Waals surface area contributed by atoms with Gasteiger partial charge in [-0.1, -0.05) is 29.8 Å². The highest BCUT2D eigenvalue weighted by Gasteiger charge is 2.69. The van der Waals surface area contributed by atoms with Gasteiger partial charge in [0.05, 0.1) is 12.6 Å². The molecule has 0 bridgehead atoms. The van der Waals surface area contributed by atoms with Crippen LogP contribution in [0.2, 0.25) is 0 Å². The molecule has 0 aliphatic carbocycles. The lowest BCUT2D eigenvalue weighted by Crippen LogP contribution is -2.73. The molecule has 1 fully saturated rings. The molecule has 6 nitrogen and oxygen atoms in total. The third-order valence-electron chi connectivity index (χ3n) is 4.26. The van der Waals surface area contributed by atoms with E-state index in [1.807, 2.05) is 0 Å². The van der Waals surface area contributed by atoms with Crippen LogP contribution in [0.15, 0.2) is 24.3 Å². The van der Waals surface area contributed by atoms with Crippen LogP contribution in [0.5, 0.6) is 0 Å². The summed E-state index contributed by atoms with van der Waals surface area (Å²) in [5.41, 5.74) is -2.59. The number of nitrogens with one attached hydrogen (secondary N) is 1. The molecule has 3 atom stereocenters. The highest BCUT2D eigenvalue weighted by atomic mass is 19.4. The summed E-state index contributed by atoms with van der Waals surface area (Å²) in [6.45, 7) is 3.06. The van der Waals surface area contributed by atoms with E-state index in [0.29, 0.717) is 0 Å². The van der Waals surface area contributed by atoms with Gasteiger partial charge >= 0.3 is 18.2 Å². The van der Waals surface area contributed by atoms with E-state index in [-0.39, 0.29) is 17.1 Å². The van der Waals surface area contributed by atoms with Crippen molar-refractivity contribution >= 4 is 12.0 Å². The zero-order valence-electron chi connectivity index (χ0n) is 13.9. The van der Waals surface area contributed by atoms with Gasteiger partial charge in [-0.2, -0.15) is 13.2 Å². The molecule has 0 aromatic heterocycles. The van der Waals surface area contributed by atoms with Gasteiger partial charge in [0.2, 0.25) is 0 Å². The summed E-state index contributed by atoms with van der Waals surface area (Å²) in [6.07, 6.45) is -5.26. The molecule has 1 aromatic carbocycles. The number of aliphatic hydroxyl groups is 1. The molecule has 1 aliphatic heterocycles. The quantitative estimate of drug-likeness (QED) is 0.810. The fourth-order valence-corrected chi connectivity index (χ4v) is 2.86. The SMILES string of the molecule is CCOC(=O)[C@@H]1[C@@H](c2ccc(C)cc2)NC(=O)N(C)[C@]1(O)C(F)(F)F. The molecule has 25 heavy (non-hydrogen) atoms. The molecule has 0 unspecified atom stereocenters. The van der Waals surface area contributed by atoms with Crippen molar-refractivity contribution in [3.05, 3.63) is 35.4 Å². The zero-order valence-corrected chi connectivity index (χ0v) is 13.9. The summed E-state index contributed by atoms with van der Waals surface area (Å²) in [4.78, 5) is 24.4. The first-order valence-corrected chi connectivity index (χ1v) is 7.60. The average molecular weight is 360 g/mol. The number of nitrogens with zero attached hydrogens (tertiary/aromatic N) is 1.